The summed E-state index contributed by atoms with van der Waals surface area (Å²) in [7, 11) is 1.62. The Morgan fingerprint density at radius 3 is 2.35 bits per heavy atom. The molecule has 3 unspecified atom stereocenters. The van der Waals surface area contributed by atoms with Crippen molar-refractivity contribution in [2.24, 2.45) is 5.73 Å². The van der Waals surface area contributed by atoms with Crippen LogP contribution in [0.3, 0.4) is 0 Å². The molecule has 0 aliphatic heterocycles. The first-order valence-electron chi connectivity index (χ1n) is 6.27. The molecular weight excluding hydrogens is 299 g/mol. The number of hydrogen-bond donors (Lipinski definition) is 2. The van der Waals surface area contributed by atoms with Crippen molar-refractivity contribution in [2.45, 2.75) is 38.5 Å². The number of carbonyl (C=O) groups excluding carboxylic acids is 1. The zero-order valence-electron chi connectivity index (χ0n) is 11.9. The Balaban J connectivity index is 0.00000361. The molecule has 0 saturated carbocycles. The molecule has 1 aromatic carbocycles. The number of halogens is 2. The molecular formula is C14H22Cl2N2O2. The zero-order chi connectivity index (χ0) is 14.4. The van der Waals surface area contributed by atoms with E-state index in [0.29, 0.717) is 11.4 Å². The van der Waals surface area contributed by atoms with Crippen molar-refractivity contribution < 1.29 is 9.53 Å². The lowest BCUT2D eigenvalue weighted by Gasteiger charge is -2.24. The molecule has 6 heteroatoms. The van der Waals surface area contributed by atoms with Crippen LogP contribution in [-0.2, 0) is 9.53 Å². The van der Waals surface area contributed by atoms with Crippen molar-refractivity contribution in [3.63, 3.8) is 0 Å². The first-order valence-corrected chi connectivity index (χ1v) is 6.65. The molecule has 0 aliphatic rings. The molecule has 0 aromatic heterocycles. The van der Waals surface area contributed by atoms with Gasteiger partial charge in [-0.3, -0.25) is 4.79 Å². The number of benzene rings is 1. The van der Waals surface area contributed by atoms with Gasteiger partial charge in [-0.15, -0.1) is 12.4 Å². The summed E-state index contributed by atoms with van der Waals surface area (Å²) < 4.78 is 5.45. The molecule has 3 atom stereocenters. The molecule has 0 bridgehead atoms. The Bertz CT molecular complexity index is 410. The SMILES string of the molecule is COC(c1ccc(Cl)cc1)C(C)NC(=O)CC(C)N.Cl. The Morgan fingerprint density at radius 2 is 1.90 bits per heavy atom. The van der Waals surface area contributed by atoms with Gasteiger partial charge in [0.15, 0.2) is 0 Å². The molecule has 0 fully saturated rings. The van der Waals surface area contributed by atoms with E-state index in [9.17, 15) is 4.79 Å². The Labute approximate surface area is 131 Å². The number of rotatable bonds is 6. The number of ether oxygens (including phenoxy) is 1. The van der Waals surface area contributed by atoms with Gasteiger partial charge in [0.2, 0.25) is 5.91 Å². The minimum atomic E-state index is -0.214. The van der Waals surface area contributed by atoms with Crippen molar-refractivity contribution in [3.8, 4) is 0 Å². The average Bonchev–Trinajstić information content (AvgIpc) is 2.31. The smallest absolute Gasteiger partial charge is 0.221 e. The van der Waals surface area contributed by atoms with E-state index in [-0.39, 0.29) is 36.5 Å². The van der Waals surface area contributed by atoms with Crippen LogP contribution >= 0.6 is 24.0 Å². The lowest BCUT2D eigenvalue weighted by molar-refractivity contribution is -0.122. The van der Waals surface area contributed by atoms with Gasteiger partial charge in [-0.25, -0.2) is 0 Å². The molecule has 1 rings (SSSR count). The summed E-state index contributed by atoms with van der Waals surface area (Å²) in [6, 6.07) is 7.11. The normalized spacial score (nSPS) is 14.8. The van der Waals surface area contributed by atoms with Gasteiger partial charge in [0.05, 0.1) is 6.04 Å². The van der Waals surface area contributed by atoms with Gasteiger partial charge in [0.25, 0.3) is 0 Å². The van der Waals surface area contributed by atoms with Crippen LogP contribution in [0.1, 0.15) is 31.9 Å². The zero-order valence-corrected chi connectivity index (χ0v) is 13.5. The maximum absolute atomic E-state index is 11.7. The van der Waals surface area contributed by atoms with Gasteiger partial charge in [-0.05, 0) is 31.5 Å². The standard InChI is InChI=1S/C14H21ClN2O2.ClH/c1-9(16)8-13(18)17-10(2)14(19-3)11-4-6-12(15)7-5-11;/h4-7,9-10,14H,8,16H2,1-3H3,(H,17,18);1H. The van der Waals surface area contributed by atoms with Crippen LogP contribution in [0.4, 0.5) is 0 Å². The van der Waals surface area contributed by atoms with E-state index in [1.165, 1.54) is 0 Å². The second-order valence-corrected chi connectivity index (χ2v) is 5.18. The first-order chi connectivity index (χ1) is 8.93. The molecule has 3 N–H and O–H groups in total. The van der Waals surface area contributed by atoms with Crippen LogP contribution in [-0.4, -0.2) is 25.1 Å². The van der Waals surface area contributed by atoms with Crippen LogP contribution in [0, 0.1) is 0 Å². The van der Waals surface area contributed by atoms with Gasteiger partial charge in [-0.2, -0.15) is 0 Å². The van der Waals surface area contributed by atoms with Crippen molar-refractivity contribution in [3.05, 3.63) is 34.9 Å². The van der Waals surface area contributed by atoms with E-state index in [1.807, 2.05) is 19.1 Å². The number of nitrogens with one attached hydrogen (secondary N) is 1. The third-order valence-corrected chi connectivity index (χ3v) is 3.05. The van der Waals surface area contributed by atoms with Gasteiger partial charge in [0, 0.05) is 24.6 Å². The highest BCUT2D eigenvalue weighted by atomic mass is 35.5. The predicted octanol–water partition coefficient (Wildman–Crippen LogP) is 2.69. The minimum Gasteiger partial charge on any atom is -0.375 e. The summed E-state index contributed by atoms with van der Waals surface area (Å²) in [5, 5.41) is 3.57. The molecule has 0 radical (unpaired) electrons. The summed E-state index contributed by atoms with van der Waals surface area (Å²) in [6.07, 6.45) is 0.0933. The van der Waals surface area contributed by atoms with Crippen LogP contribution in [0.2, 0.25) is 5.02 Å². The largest absolute Gasteiger partial charge is 0.375 e. The Kier molecular flexibility index (Phi) is 8.81. The van der Waals surface area contributed by atoms with Gasteiger partial charge in [0.1, 0.15) is 6.10 Å². The number of methoxy groups -OCH3 is 1. The van der Waals surface area contributed by atoms with E-state index < -0.39 is 0 Å². The molecule has 0 aliphatic carbocycles. The number of carbonyl (C=O) groups is 1. The predicted molar refractivity (Wildman–Crippen MR) is 84.3 cm³/mol. The maximum atomic E-state index is 11.7. The highest BCUT2D eigenvalue weighted by Gasteiger charge is 2.20. The topological polar surface area (TPSA) is 64.3 Å². The van der Waals surface area contributed by atoms with Crippen LogP contribution in [0.25, 0.3) is 0 Å². The summed E-state index contributed by atoms with van der Waals surface area (Å²) in [6.45, 7) is 3.71. The maximum Gasteiger partial charge on any atom is 0.221 e. The fraction of sp³-hybridized carbons (Fsp3) is 0.500. The molecule has 20 heavy (non-hydrogen) atoms. The summed E-state index contributed by atoms with van der Waals surface area (Å²) in [5.74, 6) is -0.0708. The summed E-state index contributed by atoms with van der Waals surface area (Å²) >= 11 is 5.86. The van der Waals surface area contributed by atoms with E-state index in [0.717, 1.165) is 5.56 Å². The number of nitrogens with two attached hydrogens (primary N) is 1. The molecule has 0 saturated heterocycles. The monoisotopic (exact) mass is 320 g/mol. The van der Waals surface area contributed by atoms with Gasteiger partial charge in [-0.1, -0.05) is 23.7 Å². The lowest BCUT2D eigenvalue weighted by atomic mass is 10.0. The molecule has 0 spiro atoms. The van der Waals surface area contributed by atoms with Crippen LogP contribution in [0.5, 0.6) is 0 Å². The van der Waals surface area contributed by atoms with Crippen molar-refractivity contribution in [2.75, 3.05) is 7.11 Å². The Hall–Kier alpha value is -0.810. The summed E-state index contributed by atoms with van der Waals surface area (Å²) in [5.41, 5.74) is 6.57. The van der Waals surface area contributed by atoms with E-state index >= 15 is 0 Å². The van der Waals surface area contributed by atoms with E-state index in [2.05, 4.69) is 5.32 Å². The Morgan fingerprint density at radius 1 is 1.35 bits per heavy atom. The third kappa shape index (κ3) is 6.09. The van der Waals surface area contributed by atoms with Gasteiger partial charge >= 0.3 is 0 Å². The van der Waals surface area contributed by atoms with Crippen LogP contribution in [0.15, 0.2) is 24.3 Å². The molecule has 4 nitrogen and oxygen atoms in total. The van der Waals surface area contributed by atoms with E-state index in [4.69, 9.17) is 22.1 Å². The molecule has 0 heterocycles. The highest BCUT2D eigenvalue weighted by Crippen LogP contribution is 2.22. The minimum absolute atomic E-state index is 0. The highest BCUT2D eigenvalue weighted by molar-refractivity contribution is 6.30. The van der Waals surface area contributed by atoms with E-state index in [1.54, 1.807) is 26.2 Å². The van der Waals surface area contributed by atoms with Crippen molar-refractivity contribution in [1.82, 2.24) is 5.32 Å². The first kappa shape index (κ1) is 19.2. The number of hydrogen-bond acceptors (Lipinski definition) is 3. The fourth-order valence-electron chi connectivity index (χ4n) is 1.96. The molecule has 1 aromatic rings. The summed E-state index contributed by atoms with van der Waals surface area (Å²) in [4.78, 5) is 11.7. The fourth-order valence-corrected chi connectivity index (χ4v) is 2.09. The molecule has 1 amide bonds. The van der Waals surface area contributed by atoms with Crippen molar-refractivity contribution >= 4 is 29.9 Å². The second kappa shape index (κ2) is 9.19. The number of amides is 1. The third-order valence-electron chi connectivity index (χ3n) is 2.80. The quantitative estimate of drug-likeness (QED) is 0.847. The van der Waals surface area contributed by atoms with Crippen LogP contribution < -0.4 is 11.1 Å². The van der Waals surface area contributed by atoms with Gasteiger partial charge < -0.3 is 15.8 Å². The average molecular weight is 321 g/mol. The lowest BCUT2D eigenvalue weighted by Crippen LogP contribution is -2.39. The van der Waals surface area contributed by atoms with Crippen molar-refractivity contribution in [1.29, 1.82) is 0 Å². The second-order valence-electron chi connectivity index (χ2n) is 4.75. The molecule has 114 valence electrons.